The topological polar surface area (TPSA) is 134 Å². The molecule has 6 N–H and O–H groups in total. The summed E-state index contributed by atoms with van der Waals surface area (Å²) in [4.78, 5) is 21.3. The predicted molar refractivity (Wildman–Crippen MR) is 38.4 cm³/mol. The molecule has 0 saturated carbocycles. The fourth-order valence-corrected chi connectivity index (χ4v) is 0.542. The molecule has 0 fully saturated rings. The predicted octanol–water partition coefficient (Wildman–Crippen LogP) is -2.50. The summed E-state index contributed by atoms with van der Waals surface area (Å²) < 4.78 is 0. The lowest BCUT2D eigenvalue weighted by atomic mass is 10.1. The number of nitriles is 1. The van der Waals surface area contributed by atoms with Crippen LogP contribution in [0.15, 0.2) is 0 Å². The molecule has 1 atom stereocenters. The smallest absolute Gasteiger partial charge is 0.251 e. The highest BCUT2D eigenvalue weighted by Crippen LogP contribution is 1.99. The van der Waals surface area contributed by atoms with Crippen LogP contribution in [-0.2, 0) is 9.59 Å². The molecule has 2 amide bonds. The van der Waals surface area contributed by atoms with Gasteiger partial charge in [0.15, 0.2) is 0 Å². The van der Waals surface area contributed by atoms with Crippen molar-refractivity contribution in [3.8, 4) is 6.07 Å². The lowest BCUT2D eigenvalue weighted by molar-refractivity contribution is -0.128. The maximum Gasteiger partial charge on any atom is 0.251 e. The van der Waals surface area contributed by atoms with Crippen LogP contribution in [0.5, 0.6) is 0 Å². The second-order valence-electron chi connectivity index (χ2n) is 1.96. The zero-order valence-electron chi connectivity index (χ0n) is 6.20. The fourth-order valence-electron chi connectivity index (χ4n) is 0.542. The minimum absolute atomic E-state index is 0.296. The molecule has 66 valence electrons. The van der Waals surface area contributed by atoms with E-state index in [0.717, 1.165) is 0 Å². The van der Waals surface area contributed by atoms with Gasteiger partial charge in [-0.25, -0.2) is 11.7 Å². The first-order valence-corrected chi connectivity index (χ1v) is 3.05. The Morgan fingerprint density at radius 1 is 1.42 bits per heavy atom. The molecule has 0 aliphatic rings. The molecule has 7 heteroatoms. The van der Waals surface area contributed by atoms with Crippen LogP contribution in [0.4, 0.5) is 0 Å². The van der Waals surface area contributed by atoms with Gasteiger partial charge in [-0.2, -0.15) is 5.26 Å². The molecule has 0 saturated heterocycles. The molecular weight excluding hydrogens is 162 g/mol. The van der Waals surface area contributed by atoms with Crippen LogP contribution < -0.4 is 22.5 Å². The van der Waals surface area contributed by atoms with E-state index in [1.165, 1.54) is 0 Å². The van der Waals surface area contributed by atoms with Crippen molar-refractivity contribution in [2.24, 2.45) is 17.6 Å². The summed E-state index contributed by atoms with van der Waals surface area (Å²) in [5.74, 6) is 7.10. The number of hydrazine groups is 2. The summed E-state index contributed by atoms with van der Waals surface area (Å²) in [7, 11) is 0. The second kappa shape index (κ2) is 5.06. The second-order valence-corrected chi connectivity index (χ2v) is 1.96. The van der Waals surface area contributed by atoms with Crippen LogP contribution in [0.3, 0.4) is 0 Å². The molecular formula is C5H9N5O2. The van der Waals surface area contributed by atoms with Gasteiger partial charge >= 0.3 is 0 Å². The molecule has 0 aliphatic carbocycles. The van der Waals surface area contributed by atoms with E-state index in [1.54, 1.807) is 16.9 Å². The van der Waals surface area contributed by atoms with Crippen molar-refractivity contribution in [3.05, 3.63) is 0 Å². The Hall–Kier alpha value is -1.65. The third-order valence-corrected chi connectivity index (χ3v) is 1.17. The van der Waals surface area contributed by atoms with Crippen molar-refractivity contribution in [1.82, 2.24) is 10.9 Å². The average molecular weight is 171 g/mol. The van der Waals surface area contributed by atoms with Crippen LogP contribution in [-0.4, -0.2) is 11.8 Å². The number of carbonyl (C=O) groups is 2. The van der Waals surface area contributed by atoms with Crippen molar-refractivity contribution in [3.63, 3.8) is 0 Å². The van der Waals surface area contributed by atoms with Gasteiger partial charge in [-0.05, 0) is 0 Å². The number of hydrogen-bond donors (Lipinski definition) is 4. The highest BCUT2D eigenvalue weighted by atomic mass is 16.2. The molecule has 12 heavy (non-hydrogen) atoms. The Bertz CT molecular complexity index is 220. The summed E-state index contributed by atoms with van der Waals surface area (Å²) in [5, 5.41) is 8.38. The van der Waals surface area contributed by atoms with E-state index in [9.17, 15) is 9.59 Å². The molecule has 0 aromatic carbocycles. The van der Waals surface area contributed by atoms with Gasteiger partial charge < -0.3 is 0 Å². The van der Waals surface area contributed by atoms with Gasteiger partial charge in [-0.1, -0.05) is 0 Å². The van der Waals surface area contributed by atoms with Crippen LogP contribution >= 0.6 is 0 Å². The van der Waals surface area contributed by atoms with Crippen molar-refractivity contribution >= 4 is 11.8 Å². The van der Waals surface area contributed by atoms with Gasteiger partial charge in [0.2, 0.25) is 5.91 Å². The first-order valence-electron chi connectivity index (χ1n) is 3.05. The van der Waals surface area contributed by atoms with E-state index in [1.807, 2.05) is 0 Å². The van der Waals surface area contributed by atoms with E-state index in [-0.39, 0.29) is 6.42 Å². The molecule has 0 radical (unpaired) electrons. The number of carbonyl (C=O) groups excluding carboxylic acids is 2. The van der Waals surface area contributed by atoms with Crippen LogP contribution in [0.2, 0.25) is 0 Å². The van der Waals surface area contributed by atoms with E-state index in [4.69, 9.17) is 16.9 Å². The quantitative estimate of drug-likeness (QED) is 0.211. The lowest BCUT2D eigenvalue weighted by Crippen LogP contribution is -2.39. The Balaban J connectivity index is 4.11. The number of rotatable bonds is 3. The van der Waals surface area contributed by atoms with Gasteiger partial charge in [0.25, 0.3) is 5.91 Å². The summed E-state index contributed by atoms with van der Waals surface area (Å²) >= 11 is 0. The number of nitrogens with zero attached hydrogens (tertiary/aromatic N) is 1. The number of amides is 2. The highest BCUT2D eigenvalue weighted by Gasteiger charge is 2.19. The highest BCUT2D eigenvalue weighted by molar-refractivity contribution is 5.87. The first kappa shape index (κ1) is 10.3. The Kier molecular flexibility index (Phi) is 4.36. The molecule has 0 aromatic rings. The third-order valence-electron chi connectivity index (χ3n) is 1.17. The molecule has 0 aliphatic heterocycles. The minimum atomic E-state index is -1.10. The minimum Gasteiger partial charge on any atom is -0.294 e. The third kappa shape index (κ3) is 2.96. The summed E-state index contributed by atoms with van der Waals surface area (Å²) in [6, 6.07) is 1.61. The fraction of sp³-hybridized carbons (Fsp3) is 0.400. The molecule has 0 rings (SSSR count). The molecule has 0 aromatic heterocycles. The van der Waals surface area contributed by atoms with E-state index in [0.29, 0.717) is 0 Å². The maximum absolute atomic E-state index is 10.7. The monoisotopic (exact) mass is 171 g/mol. The molecule has 7 nitrogen and oxygen atoms in total. The maximum atomic E-state index is 10.7. The van der Waals surface area contributed by atoms with E-state index in [2.05, 4.69) is 0 Å². The molecule has 0 heterocycles. The summed E-state index contributed by atoms with van der Waals surface area (Å²) in [5.41, 5.74) is 3.56. The van der Waals surface area contributed by atoms with Crippen LogP contribution in [0.1, 0.15) is 6.42 Å². The van der Waals surface area contributed by atoms with Crippen molar-refractivity contribution in [2.45, 2.75) is 6.42 Å². The number of nitrogens with two attached hydrogens (primary N) is 2. The molecule has 0 bridgehead atoms. The van der Waals surface area contributed by atoms with Gasteiger partial charge in [-0.3, -0.25) is 20.4 Å². The standard InChI is InChI=1S/C5H9N5O2/c6-2-3(5(12)10-8)1-4(11)9-7/h3H,1,7-8H2,(H,9,11)(H,10,12)/t3-/m0/s1. The lowest BCUT2D eigenvalue weighted by Gasteiger charge is -2.04. The van der Waals surface area contributed by atoms with Crippen LogP contribution in [0, 0.1) is 17.2 Å². The molecule has 0 unspecified atom stereocenters. The number of nitrogens with one attached hydrogen (secondary N) is 2. The van der Waals surface area contributed by atoms with Gasteiger partial charge in [-0.15, -0.1) is 0 Å². The van der Waals surface area contributed by atoms with Gasteiger partial charge in [0.1, 0.15) is 5.92 Å². The van der Waals surface area contributed by atoms with E-state index < -0.39 is 17.7 Å². The van der Waals surface area contributed by atoms with Crippen molar-refractivity contribution in [2.75, 3.05) is 0 Å². The van der Waals surface area contributed by atoms with Crippen molar-refractivity contribution < 1.29 is 9.59 Å². The summed E-state index contributed by atoms with van der Waals surface area (Å²) in [6.07, 6.45) is -0.296. The summed E-state index contributed by atoms with van der Waals surface area (Å²) in [6.45, 7) is 0. The molecule has 0 spiro atoms. The SMILES string of the molecule is N#C[C@H](CC(=O)NN)C(=O)NN. The Morgan fingerprint density at radius 2 is 2.00 bits per heavy atom. The zero-order valence-corrected chi connectivity index (χ0v) is 6.20. The normalized spacial score (nSPS) is 11.1. The average Bonchev–Trinajstić information content (AvgIpc) is 2.12. The van der Waals surface area contributed by atoms with Gasteiger partial charge in [0, 0.05) is 0 Å². The Morgan fingerprint density at radius 3 is 2.33 bits per heavy atom. The number of hydrogen-bond acceptors (Lipinski definition) is 5. The first-order chi connectivity index (χ1) is 5.65. The van der Waals surface area contributed by atoms with Gasteiger partial charge in [0.05, 0.1) is 12.5 Å². The van der Waals surface area contributed by atoms with Crippen molar-refractivity contribution in [1.29, 1.82) is 5.26 Å². The zero-order chi connectivity index (χ0) is 9.56. The van der Waals surface area contributed by atoms with E-state index >= 15 is 0 Å². The largest absolute Gasteiger partial charge is 0.294 e. The Labute approximate surface area is 68.6 Å². The van der Waals surface area contributed by atoms with Crippen LogP contribution in [0.25, 0.3) is 0 Å².